The third-order valence-electron chi connectivity index (χ3n) is 2.52. The van der Waals surface area contributed by atoms with Crippen LogP contribution in [0.25, 0.3) is 6.08 Å². The van der Waals surface area contributed by atoms with Crippen LogP contribution in [0.2, 0.25) is 5.02 Å². The Morgan fingerprint density at radius 3 is 2.67 bits per heavy atom. The van der Waals surface area contributed by atoms with E-state index in [0.29, 0.717) is 11.1 Å². The molecule has 0 saturated heterocycles. The molecule has 0 aromatic heterocycles. The van der Waals surface area contributed by atoms with E-state index in [1.54, 1.807) is 24.3 Å². The monoisotopic (exact) mass is 308 g/mol. The van der Waals surface area contributed by atoms with Crippen LogP contribution in [-0.4, -0.2) is 6.03 Å². The van der Waals surface area contributed by atoms with E-state index in [1.165, 1.54) is 6.20 Å². The number of nitrogens with one attached hydrogen (secondary N) is 2. The molecule has 0 atom stereocenters. The number of benzene rings is 2. The van der Waals surface area contributed by atoms with Gasteiger partial charge in [0.05, 0.1) is 5.69 Å². The second kappa shape index (κ2) is 6.85. The number of urea groups is 1. The standard InChI is InChI=1S/C15H11ClF2N2O/c16-11-3-1-2-10(8-11)6-7-19-15(21)20-14-5-4-12(17)9-13(14)18/h1-9H,(H2,19,20,21)/b7-6+. The number of hydrogen-bond donors (Lipinski definition) is 2. The summed E-state index contributed by atoms with van der Waals surface area (Å²) in [5.74, 6) is -1.55. The Labute approximate surface area is 125 Å². The van der Waals surface area contributed by atoms with E-state index in [1.807, 2.05) is 6.07 Å². The Bertz CT molecular complexity index is 689. The highest BCUT2D eigenvalue weighted by molar-refractivity contribution is 6.30. The highest BCUT2D eigenvalue weighted by Gasteiger charge is 2.06. The van der Waals surface area contributed by atoms with E-state index in [2.05, 4.69) is 10.6 Å². The Hall–Kier alpha value is -2.40. The van der Waals surface area contributed by atoms with Gasteiger partial charge in [0, 0.05) is 17.3 Å². The van der Waals surface area contributed by atoms with Gasteiger partial charge < -0.3 is 10.6 Å². The zero-order valence-corrected chi connectivity index (χ0v) is 11.5. The molecule has 2 rings (SSSR count). The number of carbonyl (C=O) groups is 1. The molecule has 0 heterocycles. The lowest BCUT2D eigenvalue weighted by molar-refractivity contribution is 0.255. The first-order valence-electron chi connectivity index (χ1n) is 5.99. The maximum atomic E-state index is 13.3. The minimum atomic E-state index is -0.844. The van der Waals surface area contributed by atoms with Crippen LogP contribution in [0, 0.1) is 11.6 Å². The van der Waals surface area contributed by atoms with Gasteiger partial charge in [-0.1, -0.05) is 23.7 Å². The van der Waals surface area contributed by atoms with Gasteiger partial charge in [0.2, 0.25) is 0 Å². The molecule has 108 valence electrons. The number of halogens is 3. The summed E-state index contributed by atoms with van der Waals surface area (Å²) in [7, 11) is 0. The molecule has 0 bridgehead atoms. The van der Waals surface area contributed by atoms with Crippen molar-refractivity contribution in [1.29, 1.82) is 0 Å². The van der Waals surface area contributed by atoms with Crippen LogP contribution in [0.15, 0.2) is 48.7 Å². The molecule has 2 amide bonds. The fraction of sp³-hybridized carbons (Fsp3) is 0. The lowest BCUT2D eigenvalue weighted by atomic mass is 10.2. The van der Waals surface area contributed by atoms with Gasteiger partial charge in [-0.2, -0.15) is 0 Å². The molecule has 2 aromatic rings. The van der Waals surface area contributed by atoms with Crippen LogP contribution in [0.5, 0.6) is 0 Å². The Kier molecular flexibility index (Phi) is 4.90. The first kappa shape index (κ1) is 15.0. The van der Waals surface area contributed by atoms with Crippen LogP contribution >= 0.6 is 11.6 Å². The molecule has 3 nitrogen and oxygen atoms in total. The van der Waals surface area contributed by atoms with Gasteiger partial charge in [-0.25, -0.2) is 13.6 Å². The Balaban J connectivity index is 1.93. The number of hydrogen-bond acceptors (Lipinski definition) is 1. The fourth-order valence-electron chi connectivity index (χ4n) is 1.57. The molecule has 0 radical (unpaired) electrons. The van der Waals surface area contributed by atoms with Crippen LogP contribution in [0.4, 0.5) is 19.3 Å². The summed E-state index contributed by atoms with van der Waals surface area (Å²) < 4.78 is 26.0. The van der Waals surface area contributed by atoms with E-state index in [4.69, 9.17) is 11.6 Å². The van der Waals surface area contributed by atoms with Crippen molar-refractivity contribution in [3.63, 3.8) is 0 Å². The normalized spacial score (nSPS) is 10.6. The van der Waals surface area contributed by atoms with Crippen molar-refractivity contribution in [3.8, 4) is 0 Å². The zero-order valence-electron chi connectivity index (χ0n) is 10.7. The average Bonchev–Trinajstić information content (AvgIpc) is 2.42. The minimum Gasteiger partial charge on any atom is -0.314 e. The molecule has 6 heteroatoms. The van der Waals surface area contributed by atoms with Gasteiger partial charge in [0.25, 0.3) is 0 Å². The molecule has 21 heavy (non-hydrogen) atoms. The second-order valence-electron chi connectivity index (χ2n) is 4.11. The molecule has 0 aliphatic rings. The molecule has 0 saturated carbocycles. The molecule has 2 N–H and O–H groups in total. The first-order chi connectivity index (χ1) is 10.0. The van der Waals surface area contributed by atoms with E-state index in [-0.39, 0.29) is 5.69 Å². The highest BCUT2D eigenvalue weighted by atomic mass is 35.5. The van der Waals surface area contributed by atoms with Gasteiger partial charge in [0.15, 0.2) is 0 Å². The van der Waals surface area contributed by atoms with Gasteiger partial charge in [0.1, 0.15) is 11.6 Å². The summed E-state index contributed by atoms with van der Waals surface area (Å²) >= 11 is 5.82. The van der Waals surface area contributed by atoms with Gasteiger partial charge in [-0.15, -0.1) is 0 Å². The Morgan fingerprint density at radius 1 is 1.14 bits per heavy atom. The summed E-state index contributed by atoms with van der Waals surface area (Å²) in [5, 5.41) is 5.25. The van der Waals surface area contributed by atoms with Crippen LogP contribution < -0.4 is 10.6 Å². The van der Waals surface area contributed by atoms with Crippen molar-refractivity contribution in [3.05, 3.63) is 70.9 Å². The van der Waals surface area contributed by atoms with Crippen molar-refractivity contribution in [2.75, 3.05) is 5.32 Å². The molecule has 0 fully saturated rings. The van der Waals surface area contributed by atoms with Crippen LogP contribution in [-0.2, 0) is 0 Å². The molecule has 0 aliphatic heterocycles. The minimum absolute atomic E-state index is 0.106. The summed E-state index contributed by atoms with van der Waals surface area (Å²) in [4.78, 5) is 11.5. The Morgan fingerprint density at radius 2 is 1.95 bits per heavy atom. The van der Waals surface area contributed by atoms with Crippen molar-refractivity contribution in [1.82, 2.24) is 5.32 Å². The number of carbonyl (C=O) groups excluding carboxylic acids is 1. The third-order valence-corrected chi connectivity index (χ3v) is 2.75. The summed E-state index contributed by atoms with van der Waals surface area (Å²) in [6, 6.07) is 9.28. The molecule has 0 aliphatic carbocycles. The predicted molar refractivity (Wildman–Crippen MR) is 79.0 cm³/mol. The largest absolute Gasteiger partial charge is 0.323 e. The quantitative estimate of drug-likeness (QED) is 0.866. The summed E-state index contributed by atoms with van der Waals surface area (Å²) in [6.07, 6.45) is 3.02. The predicted octanol–water partition coefficient (Wildman–Crippen LogP) is 4.41. The van der Waals surface area contributed by atoms with Gasteiger partial charge >= 0.3 is 6.03 Å². The summed E-state index contributed by atoms with van der Waals surface area (Å²) in [6.45, 7) is 0. The zero-order chi connectivity index (χ0) is 15.2. The smallest absolute Gasteiger partial charge is 0.314 e. The average molecular weight is 309 g/mol. The van der Waals surface area contributed by atoms with E-state index in [0.717, 1.165) is 17.7 Å². The lowest BCUT2D eigenvalue weighted by Gasteiger charge is -2.05. The highest BCUT2D eigenvalue weighted by Crippen LogP contribution is 2.14. The van der Waals surface area contributed by atoms with Gasteiger partial charge in [-0.3, -0.25) is 0 Å². The molecule has 2 aromatic carbocycles. The maximum Gasteiger partial charge on any atom is 0.323 e. The number of rotatable bonds is 3. The van der Waals surface area contributed by atoms with Crippen molar-refractivity contribution < 1.29 is 13.6 Å². The van der Waals surface area contributed by atoms with Crippen molar-refractivity contribution >= 4 is 29.4 Å². The van der Waals surface area contributed by atoms with Crippen LogP contribution in [0.1, 0.15) is 5.56 Å². The van der Waals surface area contributed by atoms with E-state index in [9.17, 15) is 13.6 Å². The topological polar surface area (TPSA) is 41.1 Å². The molecular weight excluding hydrogens is 298 g/mol. The van der Waals surface area contributed by atoms with E-state index < -0.39 is 17.7 Å². The van der Waals surface area contributed by atoms with Crippen molar-refractivity contribution in [2.24, 2.45) is 0 Å². The number of amides is 2. The second-order valence-corrected chi connectivity index (χ2v) is 4.55. The molecule has 0 spiro atoms. The van der Waals surface area contributed by atoms with E-state index >= 15 is 0 Å². The molecule has 0 unspecified atom stereocenters. The third kappa shape index (κ3) is 4.57. The summed E-state index contributed by atoms with van der Waals surface area (Å²) in [5.41, 5.74) is 0.695. The SMILES string of the molecule is O=C(N/C=C/c1cccc(Cl)c1)Nc1ccc(F)cc1F. The fourth-order valence-corrected chi connectivity index (χ4v) is 1.77. The molecular formula is C15H11ClF2N2O. The first-order valence-corrected chi connectivity index (χ1v) is 6.37. The van der Waals surface area contributed by atoms with Crippen molar-refractivity contribution in [2.45, 2.75) is 0 Å². The van der Waals surface area contributed by atoms with Gasteiger partial charge in [-0.05, 0) is 35.9 Å². The maximum absolute atomic E-state index is 13.3. The van der Waals surface area contributed by atoms with Crippen LogP contribution in [0.3, 0.4) is 0 Å². The number of anilines is 1. The lowest BCUT2D eigenvalue weighted by Crippen LogP contribution is -2.24.